The topological polar surface area (TPSA) is 140 Å². The molecule has 0 saturated heterocycles. The van der Waals surface area contributed by atoms with Crippen LogP contribution in [0.3, 0.4) is 0 Å². The van der Waals surface area contributed by atoms with E-state index in [1.807, 2.05) is 12.1 Å². The number of H-pyrrole nitrogens is 1. The normalized spacial score (nSPS) is 10.5. The van der Waals surface area contributed by atoms with Gasteiger partial charge in [0, 0.05) is 24.4 Å². The zero-order valence-corrected chi connectivity index (χ0v) is 18.2. The van der Waals surface area contributed by atoms with Crippen LogP contribution in [0.5, 0.6) is 11.5 Å². The Balaban J connectivity index is 1.63. The van der Waals surface area contributed by atoms with Crippen molar-refractivity contribution in [1.29, 1.82) is 0 Å². The molecule has 0 aliphatic carbocycles. The summed E-state index contributed by atoms with van der Waals surface area (Å²) in [6.45, 7) is 3.62. The van der Waals surface area contributed by atoms with Gasteiger partial charge in [0.2, 0.25) is 5.95 Å². The highest BCUT2D eigenvalue weighted by molar-refractivity contribution is 6.39. The van der Waals surface area contributed by atoms with Crippen molar-refractivity contribution in [2.24, 2.45) is 0 Å². The van der Waals surface area contributed by atoms with Gasteiger partial charge < -0.3 is 20.1 Å². The fraction of sp³-hybridized carbons (Fsp3) is 0.286. The molecule has 3 N–H and O–H groups in total. The molecule has 3 rings (SSSR count). The SMILES string of the molecule is COc1ccc(CCNC(=O)C(=O)Nc2cc(C)nn2-c2nc(C)cc(=O)[nH]2)cc1OC. The minimum Gasteiger partial charge on any atom is -0.493 e. The second kappa shape index (κ2) is 9.77. The Bertz CT molecular complexity index is 1200. The number of ether oxygens (including phenoxy) is 2. The van der Waals surface area contributed by atoms with Gasteiger partial charge in [0.05, 0.1) is 19.9 Å². The van der Waals surface area contributed by atoms with E-state index in [4.69, 9.17) is 9.47 Å². The molecule has 0 atom stereocenters. The second-order valence-corrected chi connectivity index (χ2v) is 6.94. The number of anilines is 1. The largest absolute Gasteiger partial charge is 0.493 e. The average molecular weight is 440 g/mol. The van der Waals surface area contributed by atoms with E-state index >= 15 is 0 Å². The molecule has 0 aliphatic rings. The third-order valence-electron chi connectivity index (χ3n) is 4.48. The van der Waals surface area contributed by atoms with Gasteiger partial charge in [-0.05, 0) is 38.0 Å². The van der Waals surface area contributed by atoms with Crippen LogP contribution in [0.15, 0.2) is 35.1 Å². The lowest BCUT2D eigenvalue weighted by Crippen LogP contribution is -2.37. The van der Waals surface area contributed by atoms with Gasteiger partial charge in [0.15, 0.2) is 11.5 Å². The zero-order chi connectivity index (χ0) is 23.3. The summed E-state index contributed by atoms with van der Waals surface area (Å²) in [5.41, 5.74) is 1.61. The number of aromatic amines is 1. The molecule has 168 valence electrons. The molecule has 0 aliphatic heterocycles. The van der Waals surface area contributed by atoms with Crippen molar-refractivity contribution in [3.63, 3.8) is 0 Å². The molecule has 0 radical (unpaired) electrons. The van der Waals surface area contributed by atoms with E-state index in [1.165, 1.54) is 10.7 Å². The molecule has 2 amide bonds. The van der Waals surface area contributed by atoms with Gasteiger partial charge in [-0.1, -0.05) is 6.07 Å². The number of carbonyl (C=O) groups is 2. The maximum absolute atomic E-state index is 12.4. The molecular weight excluding hydrogens is 416 g/mol. The third-order valence-corrected chi connectivity index (χ3v) is 4.48. The summed E-state index contributed by atoms with van der Waals surface area (Å²) in [5.74, 6) is -0.143. The molecule has 2 heterocycles. The lowest BCUT2D eigenvalue weighted by atomic mass is 10.1. The molecule has 11 nitrogen and oxygen atoms in total. The molecule has 3 aromatic rings. The second-order valence-electron chi connectivity index (χ2n) is 6.94. The van der Waals surface area contributed by atoms with E-state index in [0.717, 1.165) is 5.56 Å². The average Bonchev–Trinajstić information content (AvgIpc) is 3.12. The number of carbonyl (C=O) groups excluding carboxylic acids is 2. The summed E-state index contributed by atoms with van der Waals surface area (Å²) < 4.78 is 11.7. The van der Waals surface area contributed by atoms with Crippen LogP contribution in [0.2, 0.25) is 0 Å². The van der Waals surface area contributed by atoms with Crippen LogP contribution in [-0.2, 0) is 16.0 Å². The maximum atomic E-state index is 12.4. The summed E-state index contributed by atoms with van der Waals surface area (Å²) in [6, 6.07) is 8.34. The van der Waals surface area contributed by atoms with Crippen LogP contribution < -0.4 is 25.7 Å². The Hall–Kier alpha value is -4.15. The van der Waals surface area contributed by atoms with Crippen molar-refractivity contribution in [3.8, 4) is 17.4 Å². The standard InChI is InChI=1S/C21H24N6O5/c1-12-10-18(28)25-21(23-12)27-17(9-13(2)26-27)24-20(30)19(29)22-8-7-14-5-6-15(31-3)16(11-14)32-4/h5-6,9-11H,7-8H2,1-4H3,(H,22,29)(H,24,30)(H,23,25,28). The van der Waals surface area contributed by atoms with Crippen LogP contribution in [0.1, 0.15) is 17.0 Å². The number of hydrogen-bond acceptors (Lipinski definition) is 7. The van der Waals surface area contributed by atoms with Crippen LogP contribution in [-0.4, -0.2) is 52.3 Å². The predicted molar refractivity (Wildman–Crippen MR) is 116 cm³/mol. The Morgan fingerprint density at radius 3 is 2.47 bits per heavy atom. The number of amides is 2. The molecule has 0 spiro atoms. The first-order valence-electron chi connectivity index (χ1n) is 9.75. The Morgan fingerprint density at radius 1 is 1.03 bits per heavy atom. The van der Waals surface area contributed by atoms with E-state index in [1.54, 1.807) is 40.2 Å². The number of methoxy groups -OCH3 is 2. The van der Waals surface area contributed by atoms with E-state index < -0.39 is 11.8 Å². The van der Waals surface area contributed by atoms with E-state index in [-0.39, 0.29) is 23.9 Å². The Labute approximate surface area is 183 Å². The number of nitrogens with one attached hydrogen (secondary N) is 3. The lowest BCUT2D eigenvalue weighted by Gasteiger charge is -2.10. The minimum absolute atomic E-state index is 0.132. The van der Waals surface area contributed by atoms with Gasteiger partial charge in [-0.2, -0.15) is 9.78 Å². The van der Waals surface area contributed by atoms with Crippen molar-refractivity contribution in [2.45, 2.75) is 20.3 Å². The summed E-state index contributed by atoms with van der Waals surface area (Å²) in [7, 11) is 3.10. The molecule has 0 fully saturated rings. The maximum Gasteiger partial charge on any atom is 0.314 e. The molecule has 0 saturated carbocycles. The highest BCUT2D eigenvalue weighted by atomic mass is 16.5. The first-order chi connectivity index (χ1) is 15.3. The Kier molecular flexibility index (Phi) is 6.88. The molecule has 2 aromatic heterocycles. The number of nitrogens with zero attached hydrogens (tertiary/aromatic N) is 3. The summed E-state index contributed by atoms with van der Waals surface area (Å²) in [4.78, 5) is 43.1. The third kappa shape index (κ3) is 5.31. The number of aromatic nitrogens is 4. The van der Waals surface area contributed by atoms with Crippen LogP contribution in [0.4, 0.5) is 5.82 Å². The summed E-state index contributed by atoms with van der Waals surface area (Å²) in [5, 5.41) is 9.30. The fourth-order valence-electron chi connectivity index (χ4n) is 3.02. The van der Waals surface area contributed by atoms with Gasteiger partial charge in [-0.25, -0.2) is 4.98 Å². The van der Waals surface area contributed by atoms with Gasteiger partial charge >= 0.3 is 11.8 Å². The molecule has 0 unspecified atom stereocenters. The first-order valence-corrected chi connectivity index (χ1v) is 9.75. The van der Waals surface area contributed by atoms with Crippen LogP contribution in [0.25, 0.3) is 5.95 Å². The van der Waals surface area contributed by atoms with Crippen molar-refractivity contribution >= 4 is 17.6 Å². The van der Waals surface area contributed by atoms with Gasteiger partial charge in [-0.15, -0.1) is 0 Å². The number of hydrogen-bond donors (Lipinski definition) is 3. The van der Waals surface area contributed by atoms with Gasteiger partial charge in [0.25, 0.3) is 5.56 Å². The molecule has 1 aromatic carbocycles. The predicted octanol–water partition coefficient (Wildman–Crippen LogP) is 0.887. The number of aryl methyl sites for hydroxylation is 2. The molecule has 32 heavy (non-hydrogen) atoms. The zero-order valence-electron chi connectivity index (χ0n) is 18.2. The smallest absolute Gasteiger partial charge is 0.314 e. The first kappa shape index (κ1) is 22.5. The van der Waals surface area contributed by atoms with Crippen molar-refractivity contribution in [2.75, 3.05) is 26.1 Å². The number of benzene rings is 1. The number of rotatable bonds is 7. The summed E-state index contributed by atoms with van der Waals surface area (Å²) in [6.07, 6.45) is 0.491. The Morgan fingerprint density at radius 2 is 1.78 bits per heavy atom. The molecule has 0 bridgehead atoms. The minimum atomic E-state index is -0.867. The van der Waals surface area contributed by atoms with Gasteiger partial charge in [-0.3, -0.25) is 19.4 Å². The fourth-order valence-corrected chi connectivity index (χ4v) is 3.02. The molecular formula is C21H24N6O5. The quantitative estimate of drug-likeness (QED) is 0.463. The molecule has 11 heteroatoms. The van der Waals surface area contributed by atoms with E-state index in [9.17, 15) is 14.4 Å². The van der Waals surface area contributed by atoms with Crippen molar-refractivity contribution < 1.29 is 19.1 Å². The van der Waals surface area contributed by atoms with Gasteiger partial charge in [0.1, 0.15) is 5.82 Å². The van der Waals surface area contributed by atoms with Crippen molar-refractivity contribution in [1.82, 2.24) is 25.1 Å². The highest BCUT2D eigenvalue weighted by Gasteiger charge is 2.18. The lowest BCUT2D eigenvalue weighted by molar-refractivity contribution is -0.136. The van der Waals surface area contributed by atoms with Crippen LogP contribution >= 0.6 is 0 Å². The van der Waals surface area contributed by atoms with E-state index in [0.29, 0.717) is 29.3 Å². The summed E-state index contributed by atoms with van der Waals surface area (Å²) >= 11 is 0. The highest BCUT2D eigenvalue weighted by Crippen LogP contribution is 2.27. The monoisotopic (exact) mass is 440 g/mol. The van der Waals surface area contributed by atoms with Crippen molar-refractivity contribution in [3.05, 3.63) is 57.6 Å². The van der Waals surface area contributed by atoms with E-state index in [2.05, 4.69) is 25.7 Å². The van der Waals surface area contributed by atoms with Crippen LogP contribution in [0, 0.1) is 13.8 Å².